The van der Waals surface area contributed by atoms with Crippen molar-refractivity contribution < 1.29 is 12.8 Å². The van der Waals surface area contributed by atoms with E-state index >= 15 is 0 Å². The molecule has 0 amide bonds. The minimum absolute atomic E-state index is 0.223. The smallest absolute Gasteiger partial charge is 0.240 e. The Labute approximate surface area is 157 Å². The lowest BCUT2D eigenvalue weighted by atomic mass is 10.2. The summed E-state index contributed by atoms with van der Waals surface area (Å²) in [5.74, 6) is -0.289. The van der Waals surface area contributed by atoms with Gasteiger partial charge in [-0.1, -0.05) is 15.9 Å². The third-order valence-corrected chi connectivity index (χ3v) is 6.39. The lowest BCUT2D eigenvalue weighted by Crippen LogP contribution is -2.26. The molecule has 0 aliphatic heterocycles. The van der Waals surface area contributed by atoms with Crippen molar-refractivity contribution in [1.29, 1.82) is 0 Å². The zero-order valence-electron chi connectivity index (χ0n) is 12.9. The molecule has 3 rings (SSSR count). The molecule has 0 saturated carbocycles. The number of hydrogen-bond acceptors (Lipinski definition) is 4. The Balaban J connectivity index is 1.61. The first-order chi connectivity index (χ1) is 11.9. The molecule has 1 N–H and O–H groups in total. The van der Waals surface area contributed by atoms with Gasteiger partial charge in [0.1, 0.15) is 10.8 Å². The summed E-state index contributed by atoms with van der Waals surface area (Å²) in [6.45, 7) is 0.255. The van der Waals surface area contributed by atoms with Crippen LogP contribution in [0.3, 0.4) is 0 Å². The van der Waals surface area contributed by atoms with Crippen molar-refractivity contribution in [2.75, 3.05) is 6.54 Å². The molecule has 0 radical (unpaired) electrons. The number of halogens is 2. The fraction of sp³-hybridized carbons (Fsp3) is 0.118. The highest BCUT2D eigenvalue weighted by molar-refractivity contribution is 9.10. The molecule has 0 saturated heterocycles. The number of sulfonamides is 1. The quantitative estimate of drug-likeness (QED) is 0.623. The van der Waals surface area contributed by atoms with Gasteiger partial charge in [0.25, 0.3) is 0 Å². The fourth-order valence-corrected chi connectivity index (χ4v) is 4.31. The van der Waals surface area contributed by atoms with Crippen LogP contribution >= 0.6 is 27.3 Å². The molecule has 8 heteroatoms. The summed E-state index contributed by atoms with van der Waals surface area (Å²) in [6, 6.07) is 12.6. The fourth-order valence-electron chi connectivity index (χ4n) is 2.16. The van der Waals surface area contributed by atoms with E-state index in [-0.39, 0.29) is 17.3 Å². The first kappa shape index (κ1) is 18.2. The molecule has 1 aromatic heterocycles. The summed E-state index contributed by atoms with van der Waals surface area (Å²) >= 11 is 4.73. The molecule has 0 aliphatic rings. The highest BCUT2D eigenvalue weighted by atomic mass is 79.9. The average molecular weight is 441 g/mol. The number of thiazole rings is 1. The van der Waals surface area contributed by atoms with Crippen molar-refractivity contribution in [2.24, 2.45) is 0 Å². The minimum atomic E-state index is -3.53. The standard InChI is InChI=1S/C17H14BrFN2O2S2/c18-13-3-7-16(8-4-13)25(22,23)20-10-9-15-11-24-17(21-15)12-1-5-14(19)6-2-12/h1-8,11,20H,9-10H2. The van der Waals surface area contributed by atoms with E-state index in [1.54, 1.807) is 36.4 Å². The first-order valence-corrected chi connectivity index (χ1v) is 10.6. The van der Waals surface area contributed by atoms with E-state index < -0.39 is 10.0 Å². The Hall–Kier alpha value is -1.61. The van der Waals surface area contributed by atoms with Crippen LogP contribution in [0.4, 0.5) is 4.39 Å². The normalized spacial score (nSPS) is 11.6. The van der Waals surface area contributed by atoms with Gasteiger partial charge in [-0.05, 0) is 48.5 Å². The van der Waals surface area contributed by atoms with Gasteiger partial charge in [-0.25, -0.2) is 22.5 Å². The van der Waals surface area contributed by atoms with E-state index in [1.165, 1.54) is 23.5 Å². The molecule has 0 unspecified atom stereocenters. The summed E-state index contributed by atoms with van der Waals surface area (Å²) in [6.07, 6.45) is 0.480. The summed E-state index contributed by atoms with van der Waals surface area (Å²) in [5.41, 5.74) is 1.64. The second-order valence-electron chi connectivity index (χ2n) is 5.25. The molecule has 2 aromatic carbocycles. The van der Waals surface area contributed by atoms with Gasteiger partial charge >= 0.3 is 0 Å². The Morgan fingerprint density at radius 3 is 2.44 bits per heavy atom. The van der Waals surface area contributed by atoms with Crippen LogP contribution in [0.2, 0.25) is 0 Å². The van der Waals surface area contributed by atoms with E-state index in [2.05, 4.69) is 25.6 Å². The lowest BCUT2D eigenvalue weighted by Gasteiger charge is -2.06. The average Bonchev–Trinajstić information content (AvgIpc) is 3.04. The zero-order valence-corrected chi connectivity index (χ0v) is 16.2. The summed E-state index contributed by atoms with van der Waals surface area (Å²) in [5, 5.41) is 2.66. The van der Waals surface area contributed by atoms with Crippen LogP contribution in [-0.4, -0.2) is 19.9 Å². The second kappa shape index (κ2) is 7.74. The van der Waals surface area contributed by atoms with Gasteiger partial charge < -0.3 is 0 Å². The molecule has 0 aliphatic carbocycles. The van der Waals surface area contributed by atoms with Gasteiger partial charge in [0.15, 0.2) is 0 Å². The molecule has 0 spiro atoms. The van der Waals surface area contributed by atoms with Gasteiger partial charge in [-0.2, -0.15) is 0 Å². The highest BCUT2D eigenvalue weighted by Gasteiger charge is 2.13. The second-order valence-corrected chi connectivity index (χ2v) is 8.79. The monoisotopic (exact) mass is 440 g/mol. The molecule has 3 aromatic rings. The SMILES string of the molecule is O=S(=O)(NCCc1csc(-c2ccc(F)cc2)n1)c1ccc(Br)cc1. The van der Waals surface area contributed by atoms with Crippen LogP contribution in [0.5, 0.6) is 0 Å². The van der Waals surface area contributed by atoms with Crippen molar-refractivity contribution in [1.82, 2.24) is 9.71 Å². The summed E-state index contributed by atoms with van der Waals surface area (Å²) in [7, 11) is -3.53. The molecule has 0 bridgehead atoms. The van der Waals surface area contributed by atoms with E-state index in [0.717, 1.165) is 20.7 Å². The third kappa shape index (κ3) is 4.72. The maximum Gasteiger partial charge on any atom is 0.240 e. The van der Waals surface area contributed by atoms with Gasteiger partial charge in [0, 0.05) is 28.4 Å². The number of rotatable bonds is 6. The van der Waals surface area contributed by atoms with Crippen molar-refractivity contribution in [2.45, 2.75) is 11.3 Å². The van der Waals surface area contributed by atoms with Crippen LogP contribution in [0.1, 0.15) is 5.69 Å². The van der Waals surface area contributed by atoms with Crippen molar-refractivity contribution >= 4 is 37.3 Å². The van der Waals surface area contributed by atoms with Crippen LogP contribution in [0, 0.1) is 5.82 Å². The maximum absolute atomic E-state index is 13.0. The van der Waals surface area contributed by atoms with E-state index in [4.69, 9.17) is 0 Å². The van der Waals surface area contributed by atoms with Crippen LogP contribution in [0.15, 0.2) is 63.3 Å². The Morgan fingerprint density at radius 1 is 1.08 bits per heavy atom. The molecular formula is C17H14BrFN2O2S2. The minimum Gasteiger partial charge on any atom is -0.241 e. The van der Waals surface area contributed by atoms with Gasteiger partial charge in [-0.15, -0.1) is 11.3 Å². The molecule has 25 heavy (non-hydrogen) atoms. The predicted octanol–water partition coefficient (Wildman–Crippen LogP) is 4.23. The largest absolute Gasteiger partial charge is 0.241 e. The van der Waals surface area contributed by atoms with Crippen molar-refractivity contribution in [3.63, 3.8) is 0 Å². The number of hydrogen-bond donors (Lipinski definition) is 1. The Morgan fingerprint density at radius 2 is 1.76 bits per heavy atom. The van der Waals surface area contributed by atoms with Crippen molar-refractivity contribution in [3.05, 3.63) is 69.9 Å². The molecule has 1 heterocycles. The number of nitrogens with one attached hydrogen (secondary N) is 1. The van der Waals surface area contributed by atoms with Crippen LogP contribution in [0.25, 0.3) is 10.6 Å². The molecule has 0 atom stereocenters. The van der Waals surface area contributed by atoms with E-state index in [1.807, 2.05) is 5.38 Å². The predicted molar refractivity (Wildman–Crippen MR) is 101 cm³/mol. The topological polar surface area (TPSA) is 59.1 Å². The van der Waals surface area contributed by atoms with Gasteiger partial charge in [0.05, 0.1) is 10.6 Å². The van der Waals surface area contributed by atoms with Crippen molar-refractivity contribution in [3.8, 4) is 10.6 Å². The molecule has 4 nitrogen and oxygen atoms in total. The summed E-state index contributed by atoms with van der Waals surface area (Å²) in [4.78, 5) is 4.69. The number of nitrogens with zero attached hydrogens (tertiary/aromatic N) is 1. The number of benzene rings is 2. The van der Waals surface area contributed by atoms with Crippen LogP contribution in [-0.2, 0) is 16.4 Å². The molecule has 0 fully saturated rings. The number of aromatic nitrogens is 1. The van der Waals surface area contributed by atoms with E-state index in [9.17, 15) is 12.8 Å². The van der Waals surface area contributed by atoms with Crippen LogP contribution < -0.4 is 4.72 Å². The first-order valence-electron chi connectivity index (χ1n) is 7.40. The van der Waals surface area contributed by atoms with Gasteiger partial charge in [0.2, 0.25) is 10.0 Å². The Bertz CT molecular complexity index is 955. The zero-order chi connectivity index (χ0) is 17.9. The highest BCUT2D eigenvalue weighted by Crippen LogP contribution is 2.24. The molecule has 130 valence electrons. The third-order valence-electron chi connectivity index (χ3n) is 3.44. The summed E-state index contributed by atoms with van der Waals surface area (Å²) < 4.78 is 40.8. The van der Waals surface area contributed by atoms with E-state index in [0.29, 0.717) is 6.42 Å². The van der Waals surface area contributed by atoms with Gasteiger partial charge in [-0.3, -0.25) is 0 Å². The molecular weight excluding hydrogens is 427 g/mol. The lowest BCUT2D eigenvalue weighted by molar-refractivity contribution is 0.581. The maximum atomic E-state index is 13.0. The Kier molecular flexibility index (Phi) is 5.63.